The Morgan fingerprint density at radius 2 is 2.06 bits per heavy atom. The molecule has 0 aliphatic rings. The molecule has 90 valence electrons. The monoisotopic (exact) mass is 234 g/mol. The standard InChI is InChI=1S/C12H14N2O3/c1-14(8-7-13)12(15)9-17-11-6-4-3-5-10(11)16-2/h3-6H,8-9H2,1-2H3. The van der Waals surface area contributed by atoms with Crippen LogP contribution in [0.1, 0.15) is 0 Å². The van der Waals surface area contributed by atoms with E-state index in [0.29, 0.717) is 11.5 Å². The lowest BCUT2D eigenvalue weighted by Crippen LogP contribution is -2.31. The number of hydrogen-bond acceptors (Lipinski definition) is 4. The minimum atomic E-state index is -0.252. The van der Waals surface area contributed by atoms with E-state index >= 15 is 0 Å². The molecule has 5 heteroatoms. The van der Waals surface area contributed by atoms with Crippen molar-refractivity contribution in [3.63, 3.8) is 0 Å². The van der Waals surface area contributed by atoms with E-state index in [1.165, 1.54) is 12.0 Å². The first-order valence-corrected chi connectivity index (χ1v) is 5.05. The fourth-order valence-corrected chi connectivity index (χ4v) is 1.18. The summed E-state index contributed by atoms with van der Waals surface area (Å²) in [4.78, 5) is 12.8. The molecule has 1 aromatic rings. The average Bonchev–Trinajstić information content (AvgIpc) is 2.36. The molecule has 0 saturated carbocycles. The van der Waals surface area contributed by atoms with E-state index in [4.69, 9.17) is 14.7 Å². The number of amides is 1. The lowest BCUT2D eigenvalue weighted by molar-refractivity contribution is -0.131. The van der Waals surface area contributed by atoms with E-state index in [-0.39, 0.29) is 19.1 Å². The first kappa shape index (κ1) is 12.8. The SMILES string of the molecule is COc1ccccc1OCC(=O)N(C)CC#N. The second-order valence-electron chi connectivity index (χ2n) is 3.35. The summed E-state index contributed by atoms with van der Waals surface area (Å²) in [6.07, 6.45) is 0. The molecule has 0 unspecified atom stereocenters. The second-order valence-corrected chi connectivity index (χ2v) is 3.35. The van der Waals surface area contributed by atoms with Crippen molar-refractivity contribution in [3.05, 3.63) is 24.3 Å². The van der Waals surface area contributed by atoms with Crippen molar-refractivity contribution in [2.24, 2.45) is 0 Å². The van der Waals surface area contributed by atoms with Crippen LogP contribution in [0, 0.1) is 11.3 Å². The zero-order valence-corrected chi connectivity index (χ0v) is 9.84. The quantitative estimate of drug-likeness (QED) is 0.714. The van der Waals surface area contributed by atoms with Crippen LogP contribution in [-0.2, 0) is 4.79 Å². The molecule has 0 aliphatic heterocycles. The van der Waals surface area contributed by atoms with Gasteiger partial charge in [0, 0.05) is 7.05 Å². The normalized spacial score (nSPS) is 9.24. The zero-order valence-electron chi connectivity index (χ0n) is 9.84. The van der Waals surface area contributed by atoms with Crippen LogP contribution in [0.2, 0.25) is 0 Å². The van der Waals surface area contributed by atoms with Gasteiger partial charge in [0.1, 0.15) is 6.54 Å². The van der Waals surface area contributed by atoms with Gasteiger partial charge in [0.05, 0.1) is 13.2 Å². The lowest BCUT2D eigenvalue weighted by Gasteiger charge is -2.14. The number of carbonyl (C=O) groups excluding carboxylic acids is 1. The van der Waals surface area contributed by atoms with Crippen molar-refractivity contribution in [2.75, 3.05) is 27.3 Å². The van der Waals surface area contributed by atoms with Gasteiger partial charge < -0.3 is 14.4 Å². The summed E-state index contributed by atoms with van der Waals surface area (Å²) in [5, 5.41) is 8.45. The maximum Gasteiger partial charge on any atom is 0.261 e. The summed E-state index contributed by atoms with van der Waals surface area (Å²) in [6, 6.07) is 8.97. The molecule has 0 bridgehead atoms. The number of likely N-dealkylation sites (N-methyl/N-ethyl adjacent to an activating group) is 1. The molecule has 0 atom stereocenters. The minimum absolute atomic E-state index is 0.0497. The van der Waals surface area contributed by atoms with Crippen molar-refractivity contribution in [2.45, 2.75) is 0 Å². The van der Waals surface area contributed by atoms with Crippen LogP contribution in [0.25, 0.3) is 0 Å². The van der Waals surface area contributed by atoms with E-state index in [9.17, 15) is 4.79 Å². The number of nitriles is 1. The number of ether oxygens (including phenoxy) is 2. The van der Waals surface area contributed by atoms with Gasteiger partial charge in [-0.15, -0.1) is 0 Å². The molecule has 0 aliphatic carbocycles. The van der Waals surface area contributed by atoms with Gasteiger partial charge in [-0.1, -0.05) is 12.1 Å². The number of hydrogen-bond donors (Lipinski definition) is 0. The van der Waals surface area contributed by atoms with Gasteiger partial charge in [0.2, 0.25) is 0 Å². The van der Waals surface area contributed by atoms with Gasteiger partial charge >= 0.3 is 0 Å². The molecule has 0 saturated heterocycles. The second kappa shape index (κ2) is 6.38. The Morgan fingerprint density at radius 3 is 2.65 bits per heavy atom. The van der Waals surface area contributed by atoms with Crippen LogP contribution < -0.4 is 9.47 Å². The first-order chi connectivity index (χ1) is 8.19. The number of benzene rings is 1. The molecule has 0 N–H and O–H groups in total. The van der Waals surface area contributed by atoms with Crippen molar-refractivity contribution >= 4 is 5.91 Å². The van der Waals surface area contributed by atoms with Gasteiger partial charge in [-0.05, 0) is 12.1 Å². The highest BCUT2D eigenvalue weighted by Crippen LogP contribution is 2.25. The summed E-state index contributed by atoms with van der Waals surface area (Å²) >= 11 is 0. The van der Waals surface area contributed by atoms with E-state index in [1.54, 1.807) is 25.2 Å². The molecule has 0 fully saturated rings. The molecular formula is C12H14N2O3. The molecule has 0 aromatic heterocycles. The molecule has 5 nitrogen and oxygen atoms in total. The fourth-order valence-electron chi connectivity index (χ4n) is 1.18. The van der Waals surface area contributed by atoms with E-state index in [0.717, 1.165) is 0 Å². The average molecular weight is 234 g/mol. The Hall–Kier alpha value is -2.22. The number of rotatable bonds is 5. The third-order valence-corrected chi connectivity index (χ3v) is 2.15. The molecular weight excluding hydrogens is 220 g/mol. The summed E-state index contributed by atoms with van der Waals surface area (Å²) in [7, 11) is 3.09. The number of carbonyl (C=O) groups is 1. The highest BCUT2D eigenvalue weighted by molar-refractivity contribution is 5.77. The molecule has 1 amide bonds. The van der Waals surface area contributed by atoms with E-state index in [1.807, 2.05) is 12.1 Å². The summed E-state index contributed by atoms with van der Waals surface area (Å²) in [6.45, 7) is -0.0628. The minimum Gasteiger partial charge on any atom is -0.493 e. The van der Waals surface area contributed by atoms with Gasteiger partial charge in [-0.25, -0.2) is 0 Å². The molecule has 1 rings (SSSR count). The Bertz CT molecular complexity index is 426. The molecule has 0 spiro atoms. The van der Waals surface area contributed by atoms with Crippen LogP contribution in [0.5, 0.6) is 11.5 Å². The van der Waals surface area contributed by atoms with Crippen molar-refractivity contribution < 1.29 is 14.3 Å². The number of para-hydroxylation sites is 2. The molecule has 0 radical (unpaired) electrons. The highest BCUT2D eigenvalue weighted by atomic mass is 16.5. The van der Waals surface area contributed by atoms with Crippen molar-refractivity contribution in [3.8, 4) is 17.6 Å². The summed E-state index contributed by atoms with van der Waals surface area (Å²) in [5.74, 6) is 0.828. The summed E-state index contributed by atoms with van der Waals surface area (Å²) < 4.78 is 10.4. The van der Waals surface area contributed by atoms with Crippen LogP contribution in [0.3, 0.4) is 0 Å². The maximum absolute atomic E-state index is 11.5. The zero-order chi connectivity index (χ0) is 12.7. The topological polar surface area (TPSA) is 62.6 Å². The Labute approximate surface area is 100 Å². The number of nitrogens with zero attached hydrogens (tertiary/aromatic N) is 2. The van der Waals surface area contributed by atoms with Crippen LogP contribution >= 0.6 is 0 Å². The number of methoxy groups -OCH3 is 1. The smallest absolute Gasteiger partial charge is 0.261 e. The highest BCUT2D eigenvalue weighted by Gasteiger charge is 2.10. The largest absolute Gasteiger partial charge is 0.493 e. The van der Waals surface area contributed by atoms with E-state index < -0.39 is 0 Å². The first-order valence-electron chi connectivity index (χ1n) is 5.05. The Morgan fingerprint density at radius 1 is 1.41 bits per heavy atom. The van der Waals surface area contributed by atoms with E-state index in [2.05, 4.69) is 0 Å². The summed E-state index contributed by atoms with van der Waals surface area (Å²) in [5.41, 5.74) is 0. The van der Waals surface area contributed by atoms with Gasteiger partial charge in [-0.2, -0.15) is 5.26 Å². The third-order valence-electron chi connectivity index (χ3n) is 2.15. The Balaban J connectivity index is 2.56. The van der Waals surface area contributed by atoms with Crippen molar-refractivity contribution in [1.82, 2.24) is 4.90 Å². The molecule has 17 heavy (non-hydrogen) atoms. The maximum atomic E-state index is 11.5. The van der Waals surface area contributed by atoms with Crippen LogP contribution in [0.4, 0.5) is 0 Å². The van der Waals surface area contributed by atoms with Gasteiger partial charge in [-0.3, -0.25) is 4.79 Å². The predicted octanol–water partition coefficient (Wildman–Crippen LogP) is 1.06. The fraction of sp³-hybridized carbons (Fsp3) is 0.333. The van der Waals surface area contributed by atoms with Crippen molar-refractivity contribution in [1.29, 1.82) is 5.26 Å². The lowest BCUT2D eigenvalue weighted by atomic mass is 10.3. The van der Waals surface area contributed by atoms with Gasteiger partial charge in [0.25, 0.3) is 5.91 Å². The predicted molar refractivity (Wildman–Crippen MR) is 61.7 cm³/mol. The van der Waals surface area contributed by atoms with Gasteiger partial charge in [0.15, 0.2) is 18.1 Å². The molecule has 0 heterocycles. The van der Waals surface area contributed by atoms with Crippen LogP contribution in [0.15, 0.2) is 24.3 Å². The third kappa shape index (κ3) is 3.68. The Kier molecular flexibility index (Phi) is 4.82. The molecule has 1 aromatic carbocycles. The van der Waals surface area contributed by atoms with Crippen LogP contribution in [-0.4, -0.2) is 38.1 Å².